The number of hydrogen-bond acceptors (Lipinski definition) is 5. The fourth-order valence-corrected chi connectivity index (χ4v) is 1.26. The molecule has 1 atom stereocenters. The van der Waals surface area contributed by atoms with Crippen LogP contribution in [0.5, 0.6) is 0 Å². The zero-order chi connectivity index (χ0) is 12.3. The number of carbonyl (C=O) groups is 2. The van der Waals surface area contributed by atoms with Crippen molar-refractivity contribution in [3.05, 3.63) is 24.2 Å². The Morgan fingerprint density at radius 3 is 3.12 bits per heavy atom. The molecule has 0 fully saturated rings. The lowest BCUT2D eigenvalue weighted by molar-refractivity contribution is -0.122. The van der Waals surface area contributed by atoms with E-state index in [0.29, 0.717) is 5.76 Å². The van der Waals surface area contributed by atoms with Crippen LogP contribution in [0.3, 0.4) is 0 Å². The van der Waals surface area contributed by atoms with E-state index in [-0.39, 0.29) is 11.6 Å². The maximum Gasteiger partial charge on any atom is 0.288 e. The van der Waals surface area contributed by atoms with Crippen LogP contribution in [0.15, 0.2) is 33.0 Å². The molecule has 0 saturated heterocycles. The molecule has 2 amide bonds. The predicted molar refractivity (Wildman–Crippen MR) is 59.2 cm³/mol. The molecular formula is C10H10N4O3. The van der Waals surface area contributed by atoms with Crippen molar-refractivity contribution in [1.82, 2.24) is 10.9 Å². The molecule has 88 valence electrons. The fourth-order valence-electron chi connectivity index (χ4n) is 1.26. The maximum atomic E-state index is 11.6. The van der Waals surface area contributed by atoms with E-state index in [9.17, 15) is 9.59 Å². The highest BCUT2D eigenvalue weighted by atomic mass is 16.3. The Morgan fingerprint density at radius 1 is 1.71 bits per heavy atom. The monoisotopic (exact) mass is 234 g/mol. The zero-order valence-electron chi connectivity index (χ0n) is 9.01. The molecule has 7 heteroatoms. The van der Waals surface area contributed by atoms with Crippen LogP contribution in [0.1, 0.15) is 12.7 Å². The summed E-state index contributed by atoms with van der Waals surface area (Å²) >= 11 is 0. The molecule has 0 bridgehead atoms. The number of hydrogen-bond donors (Lipinski definition) is 2. The standard InChI is InChI=1S/C10H10N4O3/c1-6-8(12-14-9(6)15)10(16)13-11-5-7-3-2-4-17-7/h2-6H,1H3,(H,13,16)(H,14,15)/t6-/m1/s1. The van der Waals surface area contributed by atoms with Crippen LogP contribution in [0.25, 0.3) is 0 Å². The summed E-state index contributed by atoms with van der Waals surface area (Å²) in [6, 6.07) is 3.39. The van der Waals surface area contributed by atoms with Gasteiger partial charge < -0.3 is 4.42 Å². The average Bonchev–Trinajstić information content (AvgIpc) is 2.91. The first kappa shape index (κ1) is 11.1. The molecule has 17 heavy (non-hydrogen) atoms. The minimum Gasteiger partial charge on any atom is -0.463 e. The Hall–Kier alpha value is -2.44. The molecule has 1 aromatic heterocycles. The fraction of sp³-hybridized carbons (Fsp3) is 0.200. The van der Waals surface area contributed by atoms with Crippen molar-refractivity contribution in [1.29, 1.82) is 0 Å². The van der Waals surface area contributed by atoms with E-state index in [1.807, 2.05) is 0 Å². The van der Waals surface area contributed by atoms with E-state index in [4.69, 9.17) is 4.42 Å². The van der Waals surface area contributed by atoms with E-state index < -0.39 is 11.8 Å². The Kier molecular flexibility index (Phi) is 2.99. The molecule has 0 aliphatic carbocycles. The number of carbonyl (C=O) groups excluding carboxylic acids is 2. The molecule has 2 N–H and O–H groups in total. The molecule has 2 rings (SSSR count). The highest BCUT2D eigenvalue weighted by molar-refractivity contribution is 6.44. The topological polar surface area (TPSA) is 96.1 Å². The number of furan rings is 1. The van der Waals surface area contributed by atoms with Crippen LogP contribution in [-0.4, -0.2) is 23.7 Å². The largest absolute Gasteiger partial charge is 0.463 e. The zero-order valence-corrected chi connectivity index (χ0v) is 9.01. The molecule has 1 aliphatic heterocycles. The van der Waals surface area contributed by atoms with Gasteiger partial charge in [-0.05, 0) is 19.1 Å². The molecule has 0 spiro atoms. The summed E-state index contributed by atoms with van der Waals surface area (Å²) in [7, 11) is 0. The van der Waals surface area contributed by atoms with Crippen molar-refractivity contribution in [2.75, 3.05) is 0 Å². The second-order valence-electron chi connectivity index (χ2n) is 3.41. The van der Waals surface area contributed by atoms with Crippen LogP contribution in [0, 0.1) is 5.92 Å². The molecule has 1 aromatic rings. The van der Waals surface area contributed by atoms with Crippen LogP contribution in [-0.2, 0) is 9.59 Å². The molecule has 0 aromatic carbocycles. The summed E-state index contributed by atoms with van der Waals surface area (Å²) < 4.78 is 4.98. The molecule has 1 aliphatic rings. The predicted octanol–water partition coefficient (Wildman–Crippen LogP) is -0.148. The van der Waals surface area contributed by atoms with E-state index in [2.05, 4.69) is 21.1 Å². The first-order chi connectivity index (χ1) is 8.18. The summed E-state index contributed by atoms with van der Waals surface area (Å²) in [4.78, 5) is 22.6. The Morgan fingerprint density at radius 2 is 2.53 bits per heavy atom. The molecule has 0 saturated carbocycles. The lowest BCUT2D eigenvalue weighted by Gasteiger charge is -2.01. The number of nitrogens with one attached hydrogen (secondary N) is 2. The normalized spacial score (nSPS) is 19.2. The van der Waals surface area contributed by atoms with E-state index in [1.165, 1.54) is 12.5 Å². The van der Waals surface area contributed by atoms with Gasteiger partial charge in [-0.1, -0.05) is 0 Å². The first-order valence-electron chi connectivity index (χ1n) is 4.93. The highest BCUT2D eigenvalue weighted by Gasteiger charge is 2.30. The molecule has 0 unspecified atom stereocenters. The summed E-state index contributed by atoms with van der Waals surface area (Å²) in [6.45, 7) is 1.59. The minimum absolute atomic E-state index is 0.117. The van der Waals surface area contributed by atoms with Gasteiger partial charge in [-0.15, -0.1) is 0 Å². The third-order valence-corrected chi connectivity index (χ3v) is 2.22. The minimum atomic E-state index is -0.561. The number of hydrazone groups is 2. The van der Waals surface area contributed by atoms with Crippen LogP contribution in [0.4, 0.5) is 0 Å². The summed E-state index contributed by atoms with van der Waals surface area (Å²) in [5.74, 6) is -0.862. The molecule has 2 heterocycles. The van der Waals surface area contributed by atoms with Crippen molar-refractivity contribution < 1.29 is 14.0 Å². The van der Waals surface area contributed by atoms with Gasteiger partial charge in [0.05, 0.1) is 18.4 Å². The lowest BCUT2D eigenvalue weighted by atomic mass is 10.1. The second-order valence-corrected chi connectivity index (χ2v) is 3.41. The summed E-state index contributed by atoms with van der Waals surface area (Å²) in [5, 5.41) is 7.30. The Balaban J connectivity index is 1.92. The van der Waals surface area contributed by atoms with Gasteiger partial charge in [-0.25, -0.2) is 10.9 Å². The second kappa shape index (κ2) is 4.60. The van der Waals surface area contributed by atoms with Gasteiger partial charge in [0, 0.05) is 0 Å². The number of nitrogens with zero attached hydrogens (tertiary/aromatic N) is 2. The van der Waals surface area contributed by atoms with Gasteiger partial charge in [-0.2, -0.15) is 10.2 Å². The summed E-state index contributed by atoms with van der Waals surface area (Å²) in [5.41, 5.74) is 4.60. The van der Waals surface area contributed by atoms with Crippen LogP contribution < -0.4 is 10.9 Å². The number of amides is 2. The quantitative estimate of drug-likeness (QED) is 0.562. The maximum absolute atomic E-state index is 11.6. The van der Waals surface area contributed by atoms with Crippen molar-refractivity contribution in [3.63, 3.8) is 0 Å². The third kappa shape index (κ3) is 2.39. The average molecular weight is 234 g/mol. The third-order valence-electron chi connectivity index (χ3n) is 2.22. The van der Waals surface area contributed by atoms with Gasteiger partial charge >= 0.3 is 0 Å². The van der Waals surface area contributed by atoms with E-state index in [1.54, 1.807) is 19.1 Å². The van der Waals surface area contributed by atoms with E-state index >= 15 is 0 Å². The molecule has 7 nitrogen and oxygen atoms in total. The van der Waals surface area contributed by atoms with Gasteiger partial charge in [0.25, 0.3) is 5.91 Å². The van der Waals surface area contributed by atoms with Gasteiger partial charge in [0.1, 0.15) is 11.5 Å². The Labute approximate surface area is 96.6 Å². The van der Waals surface area contributed by atoms with E-state index in [0.717, 1.165) is 0 Å². The van der Waals surface area contributed by atoms with Crippen LogP contribution >= 0.6 is 0 Å². The van der Waals surface area contributed by atoms with Crippen molar-refractivity contribution in [3.8, 4) is 0 Å². The Bertz CT molecular complexity index is 490. The SMILES string of the molecule is C[C@H]1C(=O)NN=C1C(=O)NN=Cc1ccco1. The van der Waals surface area contributed by atoms with Gasteiger partial charge in [0.15, 0.2) is 0 Å². The first-order valence-corrected chi connectivity index (χ1v) is 4.93. The van der Waals surface area contributed by atoms with Crippen molar-refractivity contribution in [2.24, 2.45) is 16.1 Å². The van der Waals surface area contributed by atoms with Crippen LogP contribution in [0.2, 0.25) is 0 Å². The smallest absolute Gasteiger partial charge is 0.288 e. The molecular weight excluding hydrogens is 224 g/mol. The lowest BCUT2D eigenvalue weighted by Crippen LogP contribution is -2.32. The number of rotatable bonds is 3. The molecule has 0 radical (unpaired) electrons. The van der Waals surface area contributed by atoms with Crippen molar-refractivity contribution >= 4 is 23.7 Å². The summed E-state index contributed by atoms with van der Waals surface area (Å²) in [6.07, 6.45) is 2.85. The van der Waals surface area contributed by atoms with Gasteiger partial charge in [0.2, 0.25) is 5.91 Å². The van der Waals surface area contributed by atoms with Gasteiger partial charge in [-0.3, -0.25) is 9.59 Å². The highest BCUT2D eigenvalue weighted by Crippen LogP contribution is 2.05. The van der Waals surface area contributed by atoms with Crippen molar-refractivity contribution in [2.45, 2.75) is 6.92 Å².